The second-order valence-corrected chi connectivity index (χ2v) is 6.40. The first-order chi connectivity index (χ1) is 13.4. The summed E-state index contributed by atoms with van der Waals surface area (Å²) in [6.45, 7) is 0. The van der Waals surface area contributed by atoms with Gasteiger partial charge in [-0.2, -0.15) is 0 Å². The maximum atomic E-state index is 12.4. The molecule has 1 saturated heterocycles. The summed E-state index contributed by atoms with van der Waals surface area (Å²) in [6, 6.07) is 4.53. The standard InChI is InChI=1S/C19H20N2O7/c1-26-11-3-4-12-10(8-17(23)28-15(12)9-11)7-14(19(25)27-2)21-18(24)13-5-6-16(22)20-13/h3-4,8-9,13-14H,5-7H2,1-2H3,(H,20,22)(H,21,24)/t13-,14+/m0/s1. The van der Waals surface area contributed by atoms with Crippen LogP contribution in [0.15, 0.2) is 33.5 Å². The Balaban J connectivity index is 1.88. The minimum atomic E-state index is -1.03. The predicted octanol–water partition coefficient (Wildman–Crippen LogP) is 0.281. The number of nitrogens with one attached hydrogen (secondary N) is 2. The summed E-state index contributed by atoms with van der Waals surface area (Å²) >= 11 is 0. The Morgan fingerprint density at radius 3 is 2.71 bits per heavy atom. The van der Waals surface area contributed by atoms with Gasteiger partial charge in [0.1, 0.15) is 23.4 Å². The molecule has 0 bridgehead atoms. The largest absolute Gasteiger partial charge is 0.497 e. The van der Waals surface area contributed by atoms with Crippen molar-refractivity contribution < 1.29 is 28.3 Å². The number of rotatable bonds is 6. The van der Waals surface area contributed by atoms with Gasteiger partial charge in [-0.05, 0) is 24.1 Å². The number of hydrogen-bond donors (Lipinski definition) is 2. The van der Waals surface area contributed by atoms with Crippen molar-refractivity contribution in [2.45, 2.75) is 31.3 Å². The average molecular weight is 388 g/mol. The number of methoxy groups -OCH3 is 2. The van der Waals surface area contributed by atoms with Crippen LogP contribution in [0, 0.1) is 0 Å². The minimum absolute atomic E-state index is 0.0213. The van der Waals surface area contributed by atoms with E-state index in [2.05, 4.69) is 10.6 Å². The Morgan fingerprint density at radius 1 is 1.29 bits per heavy atom. The molecular weight excluding hydrogens is 368 g/mol. The topological polar surface area (TPSA) is 124 Å². The lowest BCUT2D eigenvalue weighted by Gasteiger charge is -2.19. The van der Waals surface area contributed by atoms with E-state index in [1.165, 1.54) is 20.3 Å². The fourth-order valence-electron chi connectivity index (χ4n) is 3.14. The van der Waals surface area contributed by atoms with Gasteiger partial charge in [0.25, 0.3) is 0 Å². The first kappa shape index (κ1) is 19.4. The maximum absolute atomic E-state index is 12.4. The van der Waals surface area contributed by atoms with Crippen molar-refractivity contribution >= 4 is 28.8 Å². The van der Waals surface area contributed by atoms with Crippen LogP contribution in [-0.2, 0) is 25.5 Å². The van der Waals surface area contributed by atoms with Crippen LogP contribution in [-0.4, -0.2) is 44.1 Å². The third-order valence-corrected chi connectivity index (χ3v) is 4.58. The molecule has 0 spiro atoms. The van der Waals surface area contributed by atoms with Crippen LogP contribution < -0.4 is 21.0 Å². The molecule has 9 heteroatoms. The van der Waals surface area contributed by atoms with Crippen LogP contribution in [0.25, 0.3) is 11.0 Å². The van der Waals surface area contributed by atoms with E-state index in [9.17, 15) is 19.2 Å². The Hall–Kier alpha value is -3.36. The Bertz CT molecular complexity index is 982. The molecule has 2 amide bonds. The molecule has 2 N–H and O–H groups in total. The summed E-state index contributed by atoms with van der Waals surface area (Å²) in [5.41, 5.74) is 0.230. The van der Waals surface area contributed by atoms with Gasteiger partial charge < -0.3 is 24.5 Å². The van der Waals surface area contributed by atoms with Crippen molar-refractivity contribution in [2.75, 3.05) is 14.2 Å². The molecule has 0 aliphatic carbocycles. The molecule has 1 aromatic carbocycles. The number of carbonyl (C=O) groups is 3. The lowest BCUT2D eigenvalue weighted by molar-refractivity contribution is -0.145. The number of benzene rings is 1. The molecule has 2 heterocycles. The lowest BCUT2D eigenvalue weighted by Crippen LogP contribution is -2.50. The normalized spacial score (nSPS) is 17.1. The summed E-state index contributed by atoms with van der Waals surface area (Å²) in [5.74, 6) is -0.833. The maximum Gasteiger partial charge on any atom is 0.336 e. The minimum Gasteiger partial charge on any atom is -0.497 e. The number of fused-ring (bicyclic) bond motifs is 1. The highest BCUT2D eigenvalue weighted by Crippen LogP contribution is 2.23. The highest BCUT2D eigenvalue weighted by atomic mass is 16.5. The zero-order valence-electron chi connectivity index (χ0n) is 15.4. The summed E-state index contributed by atoms with van der Waals surface area (Å²) in [6.07, 6.45) is 0.636. The molecule has 2 atom stereocenters. The molecule has 1 aliphatic rings. The van der Waals surface area contributed by atoms with Gasteiger partial charge in [-0.1, -0.05) is 0 Å². The van der Waals surface area contributed by atoms with Gasteiger partial charge in [0.05, 0.1) is 14.2 Å². The van der Waals surface area contributed by atoms with Gasteiger partial charge in [-0.3, -0.25) is 9.59 Å². The van der Waals surface area contributed by atoms with E-state index in [0.29, 0.717) is 28.7 Å². The van der Waals surface area contributed by atoms with Crippen LogP contribution in [0.5, 0.6) is 5.75 Å². The molecule has 2 aromatic rings. The number of amides is 2. The molecule has 148 valence electrons. The second-order valence-electron chi connectivity index (χ2n) is 6.40. The van der Waals surface area contributed by atoms with Gasteiger partial charge in [0, 0.05) is 30.4 Å². The van der Waals surface area contributed by atoms with Crippen molar-refractivity contribution in [1.29, 1.82) is 0 Å². The van der Waals surface area contributed by atoms with E-state index in [-0.39, 0.29) is 18.7 Å². The zero-order chi connectivity index (χ0) is 20.3. The molecule has 0 unspecified atom stereocenters. The molecule has 1 aliphatic heterocycles. The van der Waals surface area contributed by atoms with E-state index in [4.69, 9.17) is 13.9 Å². The first-order valence-electron chi connectivity index (χ1n) is 8.69. The summed E-state index contributed by atoms with van der Waals surface area (Å²) in [5, 5.41) is 5.76. The number of carbonyl (C=O) groups excluding carboxylic acids is 3. The van der Waals surface area contributed by atoms with Crippen LogP contribution in [0.2, 0.25) is 0 Å². The third-order valence-electron chi connectivity index (χ3n) is 4.58. The van der Waals surface area contributed by atoms with Gasteiger partial charge in [-0.25, -0.2) is 9.59 Å². The molecule has 0 radical (unpaired) electrons. The van der Waals surface area contributed by atoms with E-state index >= 15 is 0 Å². The first-order valence-corrected chi connectivity index (χ1v) is 8.69. The van der Waals surface area contributed by atoms with Crippen molar-refractivity contribution in [2.24, 2.45) is 0 Å². The Labute approximate surface area is 160 Å². The third kappa shape index (κ3) is 4.13. The Kier molecular flexibility index (Phi) is 5.62. The molecule has 1 aromatic heterocycles. The van der Waals surface area contributed by atoms with Crippen molar-refractivity contribution in [3.05, 3.63) is 40.2 Å². The van der Waals surface area contributed by atoms with Crippen molar-refractivity contribution in [3.8, 4) is 5.75 Å². The Morgan fingerprint density at radius 2 is 2.07 bits per heavy atom. The smallest absolute Gasteiger partial charge is 0.336 e. The predicted molar refractivity (Wildman–Crippen MR) is 97.9 cm³/mol. The van der Waals surface area contributed by atoms with Crippen molar-refractivity contribution in [3.63, 3.8) is 0 Å². The summed E-state index contributed by atoms with van der Waals surface area (Å²) < 4.78 is 15.1. The van der Waals surface area contributed by atoms with Crippen LogP contribution in [0.1, 0.15) is 18.4 Å². The van der Waals surface area contributed by atoms with Crippen LogP contribution in [0.4, 0.5) is 0 Å². The molecular formula is C19H20N2O7. The number of esters is 1. The van der Waals surface area contributed by atoms with E-state index in [0.717, 1.165) is 0 Å². The van der Waals surface area contributed by atoms with Gasteiger partial charge in [0.15, 0.2) is 0 Å². The number of ether oxygens (including phenoxy) is 2. The number of hydrogen-bond acceptors (Lipinski definition) is 7. The molecule has 3 rings (SSSR count). The van der Waals surface area contributed by atoms with Gasteiger partial charge >= 0.3 is 11.6 Å². The lowest BCUT2D eigenvalue weighted by atomic mass is 10.0. The fourth-order valence-corrected chi connectivity index (χ4v) is 3.14. The van der Waals surface area contributed by atoms with Crippen LogP contribution in [0.3, 0.4) is 0 Å². The summed E-state index contributed by atoms with van der Waals surface area (Å²) in [7, 11) is 2.70. The van der Waals surface area contributed by atoms with Crippen molar-refractivity contribution in [1.82, 2.24) is 10.6 Å². The van der Waals surface area contributed by atoms with Gasteiger partial charge in [-0.15, -0.1) is 0 Å². The average Bonchev–Trinajstić information content (AvgIpc) is 3.12. The molecule has 0 saturated carbocycles. The van der Waals surface area contributed by atoms with Crippen LogP contribution >= 0.6 is 0 Å². The fraction of sp³-hybridized carbons (Fsp3) is 0.368. The van der Waals surface area contributed by atoms with Gasteiger partial charge in [0.2, 0.25) is 11.8 Å². The van der Waals surface area contributed by atoms with E-state index < -0.39 is 29.6 Å². The highest BCUT2D eigenvalue weighted by molar-refractivity contribution is 5.93. The molecule has 28 heavy (non-hydrogen) atoms. The van der Waals surface area contributed by atoms with E-state index in [1.54, 1.807) is 18.2 Å². The molecule has 1 fully saturated rings. The molecule has 9 nitrogen and oxygen atoms in total. The monoisotopic (exact) mass is 388 g/mol. The zero-order valence-corrected chi connectivity index (χ0v) is 15.4. The van der Waals surface area contributed by atoms with E-state index in [1.807, 2.05) is 0 Å². The summed E-state index contributed by atoms with van der Waals surface area (Å²) in [4.78, 5) is 47.9. The quantitative estimate of drug-likeness (QED) is 0.538. The highest BCUT2D eigenvalue weighted by Gasteiger charge is 2.31. The second kappa shape index (κ2) is 8.12. The SMILES string of the molecule is COC(=O)[C@@H](Cc1cc(=O)oc2cc(OC)ccc12)NC(=O)[C@@H]1CCC(=O)N1.